The lowest BCUT2D eigenvalue weighted by atomic mass is 10.2. The number of rotatable bonds is 13. The topological polar surface area (TPSA) is 82.4 Å². The second-order valence-electron chi connectivity index (χ2n) is 6.84. The van der Waals surface area contributed by atoms with Crippen molar-refractivity contribution in [3.63, 3.8) is 0 Å². The molecule has 0 heterocycles. The molecule has 2 rings (SSSR count). The first-order valence-corrected chi connectivity index (χ1v) is 10.3. The van der Waals surface area contributed by atoms with Gasteiger partial charge in [-0.25, -0.2) is 0 Å². The molecule has 6 nitrogen and oxygen atoms in total. The maximum absolute atomic E-state index is 12.5. The van der Waals surface area contributed by atoms with Crippen LogP contribution in [0.2, 0.25) is 0 Å². The smallest absolute Gasteiger partial charge is 0.227 e. The van der Waals surface area contributed by atoms with Crippen molar-refractivity contribution < 1.29 is 14.3 Å². The van der Waals surface area contributed by atoms with Gasteiger partial charge in [0, 0.05) is 38.2 Å². The van der Waals surface area contributed by atoms with Crippen molar-refractivity contribution in [3.8, 4) is 6.07 Å². The van der Waals surface area contributed by atoms with Gasteiger partial charge in [0.2, 0.25) is 11.8 Å². The molecule has 2 aromatic rings. The SMILES string of the molecule is N#CCCN(C(=O)CCC(=O)NCCCOCCc1ccccc1)c1ccccc1. The van der Waals surface area contributed by atoms with E-state index in [9.17, 15) is 9.59 Å². The van der Waals surface area contributed by atoms with Crippen molar-refractivity contribution in [2.24, 2.45) is 0 Å². The van der Waals surface area contributed by atoms with Crippen LogP contribution >= 0.6 is 0 Å². The first-order valence-electron chi connectivity index (χ1n) is 10.3. The fourth-order valence-electron chi connectivity index (χ4n) is 2.95. The van der Waals surface area contributed by atoms with E-state index in [0.29, 0.717) is 26.3 Å². The van der Waals surface area contributed by atoms with Crippen LogP contribution in [0.3, 0.4) is 0 Å². The summed E-state index contributed by atoms with van der Waals surface area (Å²) in [5.41, 5.74) is 1.99. The molecule has 6 heteroatoms. The van der Waals surface area contributed by atoms with Crippen molar-refractivity contribution in [3.05, 3.63) is 66.2 Å². The second-order valence-corrected chi connectivity index (χ2v) is 6.84. The van der Waals surface area contributed by atoms with Crippen LogP contribution in [0.15, 0.2) is 60.7 Å². The predicted octanol–water partition coefficient (Wildman–Crippen LogP) is 3.48. The van der Waals surface area contributed by atoms with Crippen LogP contribution < -0.4 is 10.2 Å². The predicted molar refractivity (Wildman–Crippen MR) is 117 cm³/mol. The number of nitriles is 1. The molecule has 0 fully saturated rings. The van der Waals surface area contributed by atoms with Crippen molar-refractivity contribution >= 4 is 17.5 Å². The van der Waals surface area contributed by atoms with E-state index in [2.05, 4.69) is 23.5 Å². The van der Waals surface area contributed by atoms with Crippen molar-refractivity contribution in [2.75, 3.05) is 31.2 Å². The van der Waals surface area contributed by atoms with Crippen LogP contribution in [0, 0.1) is 11.3 Å². The van der Waals surface area contributed by atoms with Crippen LogP contribution in [-0.4, -0.2) is 38.1 Å². The molecule has 0 bridgehead atoms. The molecule has 0 aromatic heterocycles. The summed E-state index contributed by atoms with van der Waals surface area (Å²) in [6, 6.07) is 21.4. The Hall–Kier alpha value is -3.17. The van der Waals surface area contributed by atoms with Gasteiger partial charge in [-0.3, -0.25) is 9.59 Å². The molecule has 0 saturated carbocycles. The minimum Gasteiger partial charge on any atom is -0.381 e. The van der Waals surface area contributed by atoms with E-state index < -0.39 is 0 Å². The summed E-state index contributed by atoms with van der Waals surface area (Å²) >= 11 is 0. The largest absolute Gasteiger partial charge is 0.381 e. The Morgan fingerprint density at radius 3 is 2.37 bits per heavy atom. The lowest BCUT2D eigenvalue weighted by Gasteiger charge is -2.21. The molecule has 0 radical (unpaired) electrons. The van der Waals surface area contributed by atoms with Crippen LogP contribution in [0.25, 0.3) is 0 Å². The highest BCUT2D eigenvalue weighted by molar-refractivity contribution is 5.95. The number of benzene rings is 2. The summed E-state index contributed by atoms with van der Waals surface area (Å²) < 4.78 is 5.60. The summed E-state index contributed by atoms with van der Waals surface area (Å²) in [4.78, 5) is 26.1. The van der Waals surface area contributed by atoms with E-state index in [1.54, 1.807) is 4.90 Å². The van der Waals surface area contributed by atoms with Gasteiger partial charge in [0.05, 0.1) is 19.1 Å². The molecule has 0 spiro atoms. The number of nitrogens with zero attached hydrogens (tertiary/aromatic N) is 2. The minimum absolute atomic E-state index is 0.111. The molecule has 0 saturated heterocycles. The highest BCUT2D eigenvalue weighted by Gasteiger charge is 2.16. The first-order chi connectivity index (χ1) is 14.7. The van der Waals surface area contributed by atoms with E-state index in [-0.39, 0.29) is 31.1 Å². The van der Waals surface area contributed by atoms with Crippen LogP contribution in [-0.2, 0) is 20.7 Å². The molecule has 0 unspecified atom stereocenters. The maximum atomic E-state index is 12.5. The highest BCUT2D eigenvalue weighted by atomic mass is 16.5. The van der Waals surface area contributed by atoms with Crippen molar-refractivity contribution in [1.29, 1.82) is 5.26 Å². The van der Waals surface area contributed by atoms with Gasteiger partial charge in [-0.1, -0.05) is 48.5 Å². The second kappa shape index (κ2) is 13.9. The average molecular weight is 408 g/mol. The standard InChI is InChI=1S/C24H29N3O3/c25-16-7-18-27(22-11-5-2-6-12-22)24(29)14-13-23(28)26-17-8-19-30-20-15-21-9-3-1-4-10-21/h1-6,9-12H,7-8,13-15,17-20H2,(H,26,28). The van der Waals surface area contributed by atoms with Gasteiger partial charge >= 0.3 is 0 Å². The summed E-state index contributed by atoms with van der Waals surface area (Å²) in [6.07, 6.45) is 2.09. The Balaban J connectivity index is 1.60. The van der Waals surface area contributed by atoms with E-state index in [1.807, 2.05) is 48.5 Å². The number of nitrogens with one attached hydrogen (secondary N) is 1. The molecule has 1 N–H and O–H groups in total. The Morgan fingerprint density at radius 2 is 1.67 bits per heavy atom. The van der Waals surface area contributed by atoms with E-state index in [0.717, 1.165) is 18.5 Å². The minimum atomic E-state index is -0.157. The summed E-state index contributed by atoms with van der Waals surface area (Å²) in [5, 5.41) is 11.7. The zero-order valence-corrected chi connectivity index (χ0v) is 17.3. The lowest BCUT2D eigenvalue weighted by molar-refractivity contribution is -0.125. The third-order valence-corrected chi connectivity index (χ3v) is 4.55. The zero-order valence-electron chi connectivity index (χ0n) is 17.3. The van der Waals surface area contributed by atoms with Gasteiger partial charge in [-0.15, -0.1) is 0 Å². The number of hydrogen-bond acceptors (Lipinski definition) is 4. The zero-order chi connectivity index (χ0) is 21.4. The summed E-state index contributed by atoms with van der Waals surface area (Å²) in [5.74, 6) is -0.309. The number of ether oxygens (including phenoxy) is 1. The number of carbonyl (C=O) groups is 2. The number of carbonyl (C=O) groups excluding carboxylic acids is 2. The third-order valence-electron chi connectivity index (χ3n) is 4.55. The molecular formula is C24H29N3O3. The molecule has 2 amide bonds. The van der Waals surface area contributed by atoms with Crippen molar-refractivity contribution in [2.45, 2.75) is 32.1 Å². The van der Waals surface area contributed by atoms with Gasteiger partial charge in [0.25, 0.3) is 0 Å². The highest BCUT2D eigenvalue weighted by Crippen LogP contribution is 2.15. The number of hydrogen-bond donors (Lipinski definition) is 1. The molecule has 0 aliphatic rings. The fourth-order valence-corrected chi connectivity index (χ4v) is 2.95. The lowest BCUT2D eigenvalue weighted by Crippen LogP contribution is -2.33. The fraction of sp³-hybridized carbons (Fsp3) is 0.375. The van der Waals surface area contributed by atoms with Gasteiger partial charge in [0.15, 0.2) is 0 Å². The Labute approximate surface area is 178 Å². The van der Waals surface area contributed by atoms with Gasteiger partial charge in [0.1, 0.15) is 0 Å². The molecule has 158 valence electrons. The number of anilines is 1. The van der Waals surface area contributed by atoms with Gasteiger partial charge < -0.3 is 15.0 Å². The quantitative estimate of drug-likeness (QED) is 0.516. The van der Waals surface area contributed by atoms with Crippen LogP contribution in [0.1, 0.15) is 31.2 Å². The summed E-state index contributed by atoms with van der Waals surface area (Å²) in [7, 11) is 0. The molecular weight excluding hydrogens is 378 g/mol. The van der Waals surface area contributed by atoms with Gasteiger partial charge in [-0.05, 0) is 30.5 Å². The third kappa shape index (κ3) is 8.89. The summed E-state index contributed by atoms with van der Waals surface area (Å²) in [6.45, 7) is 2.09. The molecule has 30 heavy (non-hydrogen) atoms. The van der Waals surface area contributed by atoms with Crippen molar-refractivity contribution in [1.82, 2.24) is 5.32 Å². The van der Waals surface area contributed by atoms with Crippen LogP contribution in [0.4, 0.5) is 5.69 Å². The number of para-hydroxylation sites is 1. The van der Waals surface area contributed by atoms with Crippen LogP contribution in [0.5, 0.6) is 0 Å². The molecule has 0 atom stereocenters. The van der Waals surface area contributed by atoms with E-state index >= 15 is 0 Å². The number of amides is 2. The molecule has 0 aliphatic heterocycles. The normalized spacial score (nSPS) is 10.2. The average Bonchev–Trinajstić information content (AvgIpc) is 2.78. The van der Waals surface area contributed by atoms with E-state index in [4.69, 9.17) is 10.00 Å². The van der Waals surface area contributed by atoms with E-state index in [1.165, 1.54) is 5.56 Å². The monoisotopic (exact) mass is 407 g/mol. The Morgan fingerprint density at radius 1 is 0.967 bits per heavy atom. The molecule has 2 aromatic carbocycles. The maximum Gasteiger partial charge on any atom is 0.227 e. The van der Waals surface area contributed by atoms with Gasteiger partial charge in [-0.2, -0.15) is 5.26 Å². The Kier molecular flexibility index (Phi) is 10.7. The first kappa shape index (κ1) is 23.1. The molecule has 0 aliphatic carbocycles. The Bertz CT molecular complexity index is 803.